The number of nitrogens with two attached hydrogens (primary N) is 1. The zero-order chi connectivity index (χ0) is 13.3. The Kier molecular flexibility index (Phi) is 5.24. The van der Waals surface area contributed by atoms with Crippen molar-refractivity contribution >= 4 is 24.0 Å². The van der Waals surface area contributed by atoms with Crippen LogP contribution in [0.5, 0.6) is 0 Å². The van der Waals surface area contributed by atoms with Gasteiger partial charge < -0.3 is 10.6 Å². The molecule has 0 aliphatic carbocycles. The molecule has 2 atom stereocenters. The predicted octanol–water partition coefficient (Wildman–Crippen LogP) is 3.12. The second kappa shape index (κ2) is 6.29. The zero-order valence-electron chi connectivity index (χ0n) is 11.8. The molecular weight excluding hydrogens is 260 g/mol. The number of amides is 1. The van der Waals surface area contributed by atoms with Crippen molar-refractivity contribution in [3.63, 3.8) is 0 Å². The molecule has 2 unspecified atom stereocenters. The lowest BCUT2D eigenvalue weighted by Gasteiger charge is -2.35. The Bertz CT molecular complexity index is 461. The summed E-state index contributed by atoms with van der Waals surface area (Å²) in [5, 5.41) is 0. The van der Waals surface area contributed by atoms with Gasteiger partial charge in [0.1, 0.15) is 0 Å². The quantitative estimate of drug-likeness (QED) is 0.805. The standard InChI is InChI=1S/C15H22N2O.ClH/c1-10-6-7-17(9-12(10)3)15(18)14-8-13(16)5-4-11(14)2;/h4-5,8,10,12H,6-7,9,16H2,1-3H3;1H. The SMILES string of the molecule is Cc1ccc(N)cc1C(=O)N1CCC(C)C(C)C1.Cl. The summed E-state index contributed by atoms with van der Waals surface area (Å²) in [6.07, 6.45) is 1.09. The van der Waals surface area contributed by atoms with E-state index in [-0.39, 0.29) is 18.3 Å². The Hall–Kier alpha value is -1.22. The van der Waals surface area contributed by atoms with E-state index in [0.29, 0.717) is 17.5 Å². The van der Waals surface area contributed by atoms with E-state index in [9.17, 15) is 4.79 Å². The van der Waals surface area contributed by atoms with E-state index in [4.69, 9.17) is 5.73 Å². The molecule has 1 aromatic carbocycles. The molecule has 1 amide bonds. The van der Waals surface area contributed by atoms with Gasteiger partial charge >= 0.3 is 0 Å². The average molecular weight is 283 g/mol. The highest BCUT2D eigenvalue weighted by molar-refractivity contribution is 5.96. The molecule has 1 fully saturated rings. The van der Waals surface area contributed by atoms with Gasteiger partial charge in [-0.05, 0) is 42.9 Å². The highest BCUT2D eigenvalue weighted by Gasteiger charge is 2.27. The van der Waals surface area contributed by atoms with Crippen molar-refractivity contribution in [2.75, 3.05) is 18.8 Å². The van der Waals surface area contributed by atoms with Gasteiger partial charge in [-0.15, -0.1) is 12.4 Å². The summed E-state index contributed by atoms with van der Waals surface area (Å²) in [5.74, 6) is 1.40. The van der Waals surface area contributed by atoms with Crippen LogP contribution in [0.1, 0.15) is 36.2 Å². The second-order valence-electron chi connectivity index (χ2n) is 5.57. The van der Waals surface area contributed by atoms with E-state index in [2.05, 4.69) is 13.8 Å². The number of rotatable bonds is 1. The number of likely N-dealkylation sites (tertiary alicyclic amines) is 1. The molecule has 2 N–H and O–H groups in total. The second-order valence-corrected chi connectivity index (χ2v) is 5.57. The molecular formula is C15H23ClN2O. The number of carbonyl (C=O) groups excluding carboxylic acids is 1. The van der Waals surface area contributed by atoms with Gasteiger partial charge in [-0.25, -0.2) is 0 Å². The van der Waals surface area contributed by atoms with Crippen LogP contribution >= 0.6 is 12.4 Å². The number of anilines is 1. The largest absolute Gasteiger partial charge is 0.399 e. The molecule has 106 valence electrons. The van der Waals surface area contributed by atoms with Crippen LogP contribution in [0, 0.1) is 18.8 Å². The van der Waals surface area contributed by atoms with Gasteiger partial charge in [0.2, 0.25) is 0 Å². The summed E-state index contributed by atoms with van der Waals surface area (Å²) in [5.41, 5.74) is 8.18. The topological polar surface area (TPSA) is 46.3 Å². The van der Waals surface area contributed by atoms with Crippen LogP contribution in [-0.2, 0) is 0 Å². The van der Waals surface area contributed by atoms with Crippen molar-refractivity contribution in [3.8, 4) is 0 Å². The fraction of sp³-hybridized carbons (Fsp3) is 0.533. The lowest BCUT2D eigenvalue weighted by atomic mass is 9.88. The molecule has 0 radical (unpaired) electrons. The molecule has 2 rings (SSSR count). The smallest absolute Gasteiger partial charge is 0.254 e. The van der Waals surface area contributed by atoms with Crippen molar-refractivity contribution in [1.82, 2.24) is 4.90 Å². The van der Waals surface area contributed by atoms with Crippen LogP contribution < -0.4 is 5.73 Å². The van der Waals surface area contributed by atoms with Gasteiger partial charge in [0, 0.05) is 24.3 Å². The highest BCUT2D eigenvalue weighted by Crippen LogP contribution is 2.24. The summed E-state index contributed by atoms with van der Waals surface area (Å²) in [6.45, 7) is 8.16. The number of hydrogen-bond donors (Lipinski definition) is 1. The van der Waals surface area contributed by atoms with Gasteiger partial charge in [-0.1, -0.05) is 19.9 Å². The highest BCUT2D eigenvalue weighted by atomic mass is 35.5. The Morgan fingerprint density at radius 1 is 1.32 bits per heavy atom. The van der Waals surface area contributed by atoms with Crippen LogP contribution in [0.3, 0.4) is 0 Å². The number of nitrogen functional groups attached to an aromatic ring is 1. The average Bonchev–Trinajstić information content (AvgIpc) is 2.35. The maximum Gasteiger partial charge on any atom is 0.254 e. The predicted molar refractivity (Wildman–Crippen MR) is 81.7 cm³/mol. The first-order valence-corrected chi connectivity index (χ1v) is 6.64. The van der Waals surface area contributed by atoms with E-state index in [1.807, 2.05) is 24.0 Å². The van der Waals surface area contributed by atoms with Crippen molar-refractivity contribution in [3.05, 3.63) is 29.3 Å². The van der Waals surface area contributed by atoms with Gasteiger partial charge in [0.25, 0.3) is 5.91 Å². The molecule has 1 aliphatic rings. The van der Waals surface area contributed by atoms with E-state index in [1.54, 1.807) is 6.07 Å². The lowest BCUT2D eigenvalue weighted by Crippen LogP contribution is -2.42. The number of piperidine rings is 1. The summed E-state index contributed by atoms with van der Waals surface area (Å²) in [4.78, 5) is 14.5. The van der Waals surface area contributed by atoms with Gasteiger partial charge in [0.15, 0.2) is 0 Å². The first-order chi connectivity index (χ1) is 8.49. The molecule has 0 saturated carbocycles. The van der Waals surface area contributed by atoms with Crippen molar-refractivity contribution in [1.29, 1.82) is 0 Å². The lowest BCUT2D eigenvalue weighted by molar-refractivity contribution is 0.0627. The van der Waals surface area contributed by atoms with E-state index < -0.39 is 0 Å². The number of nitrogens with zero attached hydrogens (tertiary/aromatic N) is 1. The van der Waals surface area contributed by atoms with Crippen molar-refractivity contribution in [2.24, 2.45) is 11.8 Å². The molecule has 0 aromatic heterocycles. The maximum absolute atomic E-state index is 12.5. The van der Waals surface area contributed by atoms with Crippen LogP contribution in [0.15, 0.2) is 18.2 Å². The zero-order valence-corrected chi connectivity index (χ0v) is 12.7. The molecule has 1 heterocycles. The van der Waals surface area contributed by atoms with E-state index in [0.717, 1.165) is 30.6 Å². The normalized spacial score (nSPS) is 22.8. The minimum Gasteiger partial charge on any atom is -0.399 e. The van der Waals surface area contributed by atoms with Crippen LogP contribution in [0.2, 0.25) is 0 Å². The van der Waals surface area contributed by atoms with Gasteiger partial charge in [-0.2, -0.15) is 0 Å². The molecule has 19 heavy (non-hydrogen) atoms. The minimum atomic E-state index is 0. The Morgan fingerprint density at radius 2 is 2.00 bits per heavy atom. The molecule has 1 aromatic rings. The van der Waals surface area contributed by atoms with Gasteiger partial charge in [-0.3, -0.25) is 4.79 Å². The number of carbonyl (C=O) groups is 1. The summed E-state index contributed by atoms with van der Waals surface area (Å²) < 4.78 is 0. The molecule has 0 spiro atoms. The van der Waals surface area contributed by atoms with Crippen molar-refractivity contribution in [2.45, 2.75) is 27.2 Å². The molecule has 0 bridgehead atoms. The number of hydrogen-bond acceptors (Lipinski definition) is 2. The third kappa shape index (κ3) is 3.41. The maximum atomic E-state index is 12.5. The molecule has 4 heteroatoms. The number of halogens is 1. The number of benzene rings is 1. The van der Waals surface area contributed by atoms with E-state index in [1.165, 1.54) is 0 Å². The molecule has 1 aliphatic heterocycles. The number of aryl methyl sites for hydroxylation is 1. The fourth-order valence-corrected chi connectivity index (χ4v) is 2.49. The summed E-state index contributed by atoms with van der Waals surface area (Å²) in [7, 11) is 0. The first-order valence-electron chi connectivity index (χ1n) is 6.64. The van der Waals surface area contributed by atoms with Crippen LogP contribution in [0.25, 0.3) is 0 Å². The Morgan fingerprint density at radius 3 is 2.63 bits per heavy atom. The Balaban J connectivity index is 0.00000180. The third-order valence-electron chi connectivity index (χ3n) is 4.11. The Labute approximate surface area is 121 Å². The van der Waals surface area contributed by atoms with Crippen LogP contribution in [0.4, 0.5) is 5.69 Å². The van der Waals surface area contributed by atoms with E-state index >= 15 is 0 Å². The monoisotopic (exact) mass is 282 g/mol. The fourth-order valence-electron chi connectivity index (χ4n) is 2.49. The third-order valence-corrected chi connectivity index (χ3v) is 4.11. The summed E-state index contributed by atoms with van der Waals surface area (Å²) in [6, 6.07) is 5.55. The van der Waals surface area contributed by atoms with Crippen LogP contribution in [-0.4, -0.2) is 23.9 Å². The van der Waals surface area contributed by atoms with Crippen molar-refractivity contribution < 1.29 is 4.79 Å². The molecule has 3 nitrogen and oxygen atoms in total. The van der Waals surface area contributed by atoms with Gasteiger partial charge in [0.05, 0.1) is 0 Å². The summed E-state index contributed by atoms with van der Waals surface area (Å²) >= 11 is 0. The molecule has 1 saturated heterocycles. The minimum absolute atomic E-state index is 0. The first kappa shape index (κ1) is 15.8.